The van der Waals surface area contributed by atoms with Gasteiger partial charge in [0.2, 0.25) is 5.95 Å². The number of nitrogens with one attached hydrogen (secondary N) is 2. The average molecular weight is 456 g/mol. The summed E-state index contributed by atoms with van der Waals surface area (Å²) in [7, 11) is 0. The summed E-state index contributed by atoms with van der Waals surface area (Å²) in [6, 6.07) is 23.0. The number of fused-ring (bicyclic) bond motifs is 1. The molecule has 164 valence electrons. The monoisotopic (exact) mass is 455 g/mol. The smallest absolute Gasteiger partial charge is 0.258 e. The second-order valence-electron chi connectivity index (χ2n) is 8.06. The van der Waals surface area contributed by atoms with Crippen molar-refractivity contribution < 1.29 is 4.79 Å². The number of halogens is 1. The van der Waals surface area contributed by atoms with Crippen LogP contribution in [0.1, 0.15) is 38.7 Å². The van der Waals surface area contributed by atoms with Crippen LogP contribution in [0.4, 0.5) is 11.9 Å². The first kappa shape index (κ1) is 21.0. The lowest BCUT2D eigenvalue weighted by Gasteiger charge is -2.25. The van der Waals surface area contributed by atoms with E-state index in [9.17, 15) is 4.79 Å². The third-order valence-corrected chi connectivity index (χ3v) is 5.94. The van der Waals surface area contributed by atoms with Gasteiger partial charge >= 0.3 is 0 Å². The van der Waals surface area contributed by atoms with Crippen LogP contribution in [-0.4, -0.2) is 20.7 Å². The van der Waals surface area contributed by atoms with E-state index in [2.05, 4.69) is 58.0 Å². The van der Waals surface area contributed by atoms with Gasteiger partial charge in [-0.15, -0.1) is 5.10 Å². The molecule has 1 atom stereocenters. The van der Waals surface area contributed by atoms with Crippen LogP contribution < -0.4 is 10.6 Å². The maximum absolute atomic E-state index is 12.7. The minimum atomic E-state index is -0.288. The molecule has 0 bridgehead atoms. The molecular weight excluding hydrogens is 434 g/mol. The molecule has 1 aliphatic heterocycles. The molecule has 0 radical (unpaired) electrons. The van der Waals surface area contributed by atoms with Crippen LogP contribution in [0.3, 0.4) is 0 Å². The van der Waals surface area contributed by atoms with Crippen molar-refractivity contribution >= 4 is 35.1 Å². The van der Waals surface area contributed by atoms with Gasteiger partial charge in [0, 0.05) is 16.3 Å². The SMILES string of the molecule is Cc1ccc(C(=O)Nc2nc3n(n2)[C@@H](c2ccccc2Cl)C=C(c2ccc(C)cc2)N3)cc1. The summed E-state index contributed by atoms with van der Waals surface area (Å²) < 4.78 is 1.74. The van der Waals surface area contributed by atoms with E-state index in [1.807, 2.05) is 43.3 Å². The second-order valence-corrected chi connectivity index (χ2v) is 8.47. The summed E-state index contributed by atoms with van der Waals surface area (Å²) >= 11 is 6.54. The van der Waals surface area contributed by atoms with Crippen molar-refractivity contribution in [3.63, 3.8) is 0 Å². The Balaban J connectivity index is 1.52. The van der Waals surface area contributed by atoms with E-state index < -0.39 is 0 Å². The van der Waals surface area contributed by atoms with Crippen molar-refractivity contribution in [2.75, 3.05) is 10.6 Å². The summed E-state index contributed by atoms with van der Waals surface area (Å²) in [5.74, 6) is 0.481. The van der Waals surface area contributed by atoms with Gasteiger partial charge in [-0.3, -0.25) is 10.1 Å². The summed E-state index contributed by atoms with van der Waals surface area (Å²) in [4.78, 5) is 17.3. The van der Waals surface area contributed by atoms with E-state index in [1.54, 1.807) is 16.8 Å². The third-order valence-electron chi connectivity index (χ3n) is 5.59. The molecule has 2 N–H and O–H groups in total. The second kappa shape index (κ2) is 8.56. The molecule has 0 saturated heterocycles. The first-order valence-electron chi connectivity index (χ1n) is 10.6. The number of carbonyl (C=O) groups is 1. The van der Waals surface area contributed by atoms with E-state index in [-0.39, 0.29) is 17.9 Å². The Morgan fingerprint density at radius 2 is 1.64 bits per heavy atom. The van der Waals surface area contributed by atoms with E-state index in [0.717, 1.165) is 22.4 Å². The number of anilines is 2. The number of rotatable bonds is 4. The molecule has 7 heteroatoms. The molecule has 0 fully saturated rings. The maximum atomic E-state index is 12.7. The standard InChI is InChI=1S/C26H22ClN5O/c1-16-7-11-18(12-8-16)22-15-23(20-5-3-4-6-21(20)27)32-26(28-22)30-25(31-32)29-24(33)19-13-9-17(2)10-14-19/h3-15,23H,1-2H3,(H2,28,29,30,31,33)/t23-/m1/s1. The number of nitrogens with zero attached hydrogens (tertiary/aromatic N) is 3. The van der Waals surface area contributed by atoms with Crippen LogP contribution >= 0.6 is 11.6 Å². The Bertz CT molecular complexity index is 1360. The van der Waals surface area contributed by atoms with Crippen LogP contribution in [0.2, 0.25) is 5.02 Å². The van der Waals surface area contributed by atoms with Crippen LogP contribution in [0.15, 0.2) is 78.9 Å². The molecule has 1 aliphatic rings. The molecule has 0 saturated carbocycles. The Labute approximate surface area is 196 Å². The molecule has 1 aromatic heterocycles. The van der Waals surface area contributed by atoms with Gasteiger partial charge in [0.1, 0.15) is 6.04 Å². The third kappa shape index (κ3) is 4.25. The quantitative estimate of drug-likeness (QED) is 0.404. The lowest BCUT2D eigenvalue weighted by molar-refractivity contribution is 0.102. The van der Waals surface area contributed by atoms with Gasteiger partial charge in [-0.05, 0) is 49.2 Å². The zero-order valence-corrected chi connectivity index (χ0v) is 19.0. The van der Waals surface area contributed by atoms with Crippen molar-refractivity contribution in [2.45, 2.75) is 19.9 Å². The number of hydrogen-bond donors (Lipinski definition) is 2. The zero-order chi connectivity index (χ0) is 22.9. The van der Waals surface area contributed by atoms with E-state index in [1.165, 1.54) is 5.56 Å². The molecule has 4 aromatic rings. The van der Waals surface area contributed by atoms with Crippen LogP contribution in [0.25, 0.3) is 5.70 Å². The topological polar surface area (TPSA) is 71.8 Å². The molecule has 5 rings (SSSR count). The van der Waals surface area contributed by atoms with Gasteiger partial charge in [-0.25, -0.2) is 4.68 Å². The highest BCUT2D eigenvalue weighted by Gasteiger charge is 2.27. The van der Waals surface area contributed by atoms with Crippen molar-refractivity contribution in [1.29, 1.82) is 0 Å². The molecule has 2 heterocycles. The fraction of sp³-hybridized carbons (Fsp3) is 0.115. The number of hydrogen-bond acceptors (Lipinski definition) is 4. The van der Waals surface area contributed by atoms with Crippen molar-refractivity contribution in [1.82, 2.24) is 14.8 Å². The number of amides is 1. The van der Waals surface area contributed by atoms with Gasteiger partial charge in [0.15, 0.2) is 0 Å². The highest BCUT2D eigenvalue weighted by Crippen LogP contribution is 2.36. The first-order chi connectivity index (χ1) is 16.0. The van der Waals surface area contributed by atoms with E-state index in [4.69, 9.17) is 11.6 Å². The maximum Gasteiger partial charge on any atom is 0.258 e. The summed E-state index contributed by atoms with van der Waals surface area (Å²) in [5, 5.41) is 11.4. The Morgan fingerprint density at radius 3 is 2.33 bits per heavy atom. The highest BCUT2D eigenvalue weighted by molar-refractivity contribution is 6.31. The van der Waals surface area contributed by atoms with E-state index in [0.29, 0.717) is 16.5 Å². The van der Waals surface area contributed by atoms with Crippen molar-refractivity contribution in [3.8, 4) is 0 Å². The molecule has 6 nitrogen and oxygen atoms in total. The largest absolute Gasteiger partial charge is 0.324 e. The molecule has 33 heavy (non-hydrogen) atoms. The first-order valence-corrected chi connectivity index (χ1v) is 11.0. The highest BCUT2D eigenvalue weighted by atomic mass is 35.5. The van der Waals surface area contributed by atoms with Crippen molar-refractivity contribution in [3.05, 3.63) is 112 Å². The number of aromatic nitrogens is 3. The van der Waals surface area contributed by atoms with Gasteiger partial charge < -0.3 is 5.32 Å². The molecule has 3 aromatic carbocycles. The molecule has 0 aliphatic carbocycles. The fourth-order valence-corrected chi connectivity index (χ4v) is 4.01. The zero-order valence-electron chi connectivity index (χ0n) is 18.2. The number of benzene rings is 3. The van der Waals surface area contributed by atoms with E-state index >= 15 is 0 Å². The van der Waals surface area contributed by atoms with Gasteiger partial charge in [-0.2, -0.15) is 4.98 Å². The Hall–Kier alpha value is -3.90. The van der Waals surface area contributed by atoms with Crippen LogP contribution in [0, 0.1) is 13.8 Å². The van der Waals surface area contributed by atoms with Gasteiger partial charge in [0.25, 0.3) is 11.9 Å². The predicted octanol–water partition coefficient (Wildman–Crippen LogP) is 5.86. The minimum Gasteiger partial charge on any atom is -0.324 e. The van der Waals surface area contributed by atoms with Gasteiger partial charge in [-0.1, -0.05) is 77.3 Å². The Kier molecular flexibility index (Phi) is 5.44. The van der Waals surface area contributed by atoms with Crippen LogP contribution in [0.5, 0.6) is 0 Å². The molecular formula is C26H22ClN5O. The minimum absolute atomic E-state index is 0.221. The number of aryl methyl sites for hydroxylation is 2. The number of allylic oxidation sites excluding steroid dienone is 1. The van der Waals surface area contributed by atoms with Crippen molar-refractivity contribution in [2.24, 2.45) is 0 Å². The Morgan fingerprint density at radius 1 is 0.970 bits per heavy atom. The lowest BCUT2D eigenvalue weighted by atomic mass is 10.0. The predicted molar refractivity (Wildman–Crippen MR) is 132 cm³/mol. The summed E-state index contributed by atoms with van der Waals surface area (Å²) in [6.45, 7) is 4.03. The molecule has 1 amide bonds. The normalized spacial score (nSPS) is 14.8. The average Bonchev–Trinajstić information content (AvgIpc) is 3.22. The summed E-state index contributed by atoms with van der Waals surface area (Å²) in [6.07, 6.45) is 2.07. The summed E-state index contributed by atoms with van der Waals surface area (Å²) in [5.41, 5.74) is 5.63. The number of carbonyl (C=O) groups excluding carboxylic acids is 1. The molecule has 0 unspecified atom stereocenters. The van der Waals surface area contributed by atoms with Crippen LogP contribution in [-0.2, 0) is 0 Å². The molecule has 0 spiro atoms. The lowest BCUT2D eigenvalue weighted by Crippen LogP contribution is -2.20. The fourth-order valence-electron chi connectivity index (χ4n) is 3.76. The van der Waals surface area contributed by atoms with Gasteiger partial charge in [0.05, 0.1) is 0 Å².